The molecule has 6 nitrogen and oxygen atoms in total. The first-order valence-electron chi connectivity index (χ1n) is 9.50. The van der Waals surface area contributed by atoms with E-state index in [1.807, 2.05) is 18.0 Å². The van der Waals surface area contributed by atoms with Crippen LogP contribution in [-0.4, -0.2) is 49.1 Å². The minimum atomic E-state index is -0.565. The van der Waals surface area contributed by atoms with E-state index < -0.39 is 5.60 Å². The number of carbonyl (C=O) groups excluding carboxylic acids is 1. The molecule has 1 N–H and O–H groups in total. The van der Waals surface area contributed by atoms with Crippen LogP contribution in [0.1, 0.15) is 70.4 Å². The molecule has 1 aliphatic heterocycles. The van der Waals surface area contributed by atoms with Gasteiger partial charge >= 0.3 is 0 Å². The summed E-state index contributed by atoms with van der Waals surface area (Å²) in [5.74, 6) is 0.127. The first kappa shape index (κ1) is 17.4. The highest BCUT2D eigenvalue weighted by Crippen LogP contribution is 2.35. The van der Waals surface area contributed by atoms with Crippen LogP contribution in [0.4, 0.5) is 0 Å². The summed E-state index contributed by atoms with van der Waals surface area (Å²) < 4.78 is 1.75. The minimum absolute atomic E-state index is 0.127. The van der Waals surface area contributed by atoms with E-state index in [0.717, 1.165) is 70.2 Å². The van der Waals surface area contributed by atoms with E-state index in [1.165, 1.54) is 6.42 Å². The Kier molecular flexibility index (Phi) is 5.54. The predicted molar refractivity (Wildman–Crippen MR) is 91.4 cm³/mol. The number of carbonyl (C=O) groups is 1. The molecule has 0 aromatic carbocycles. The van der Waals surface area contributed by atoms with Crippen molar-refractivity contribution < 1.29 is 9.90 Å². The van der Waals surface area contributed by atoms with Gasteiger partial charge in [0.1, 0.15) is 0 Å². The average Bonchev–Trinajstić information content (AvgIpc) is 3.03. The molecule has 24 heavy (non-hydrogen) atoms. The number of aryl methyl sites for hydroxylation is 1. The van der Waals surface area contributed by atoms with Crippen LogP contribution in [0.25, 0.3) is 0 Å². The van der Waals surface area contributed by atoms with Gasteiger partial charge in [0, 0.05) is 25.3 Å². The molecular formula is C18H30N4O2. The normalized spacial score (nSPS) is 24.1. The first-order chi connectivity index (χ1) is 11.6. The second-order valence-electron chi connectivity index (χ2n) is 7.47. The summed E-state index contributed by atoms with van der Waals surface area (Å²) in [6, 6.07) is 0.176. The van der Waals surface area contributed by atoms with Crippen LogP contribution in [0.15, 0.2) is 6.20 Å². The fourth-order valence-electron chi connectivity index (χ4n) is 4.22. The maximum atomic E-state index is 12.8. The molecule has 2 fully saturated rings. The number of nitrogens with zero attached hydrogens (tertiary/aromatic N) is 4. The van der Waals surface area contributed by atoms with Crippen molar-refractivity contribution in [3.63, 3.8) is 0 Å². The van der Waals surface area contributed by atoms with Gasteiger partial charge in [-0.3, -0.25) is 9.48 Å². The molecule has 1 unspecified atom stereocenters. The van der Waals surface area contributed by atoms with Crippen molar-refractivity contribution >= 4 is 5.91 Å². The minimum Gasteiger partial charge on any atom is -0.390 e. The second kappa shape index (κ2) is 7.64. The molecule has 3 rings (SSSR count). The maximum Gasteiger partial charge on any atom is 0.228 e. The van der Waals surface area contributed by atoms with Crippen LogP contribution < -0.4 is 0 Å². The van der Waals surface area contributed by atoms with Crippen LogP contribution in [-0.2, 0) is 17.8 Å². The van der Waals surface area contributed by atoms with Crippen LogP contribution in [0.5, 0.6) is 0 Å². The van der Waals surface area contributed by atoms with Gasteiger partial charge in [-0.1, -0.05) is 24.5 Å². The van der Waals surface area contributed by atoms with Crippen LogP contribution >= 0.6 is 0 Å². The highest BCUT2D eigenvalue weighted by atomic mass is 16.3. The topological polar surface area (TPSA) is 71.2 Å². The van der Waals surface area contributed by atoms with E-state index in [9.17, 15) is 9.90 Å². The Bertz CT molecular complexity index is 551. The summed E-state index contributed by atoms with van der Waals surface area (Å²) in [4.78, 5) is 14.8. The van der Waals surface area contributed by atoms with Crippen LogP contribution in [0.2, 0.25) is 0 Å². The van der Waals surface area contributed by atoms with Gasteiger partial charge in [0.25, 0.3) is 0 Å². The fourth-order valence-corrected chi connectivity index (χ4v) is 4.22. The molecule has 0 spiro atoms. The molecule has 1 aromatic heterocycles. The maximum absolute atomic E-state index is 12.8. The number of hydrogen-bond acceptors (Lipinski definition) is 4. The van der Waals surface area contributed by atoms with E-state index in [1.54, 1.807) is 4.68 Å². The summed E-state index contributed by atoms with van der Waals surface area (Å²) in [6.45, 7) is 3.58. The third-order valence-electron chi connectivity index (χ3n) is 5.59. The van der Waals surface area contributed by atoms with Crippen molar-refractivity contribution in [2.45, 2.75) is 89.3 Å². The van der Waals surface area contributed by atoms with Gasteiger partial charge in [0.15, 0.2) is 0 Å². The average molecular weight is 334 g/mol. The Labute approximate surface area is 144 Å². The smallest absolute Gasteiger partial charge is 0.228 e. The molecule has 0 bridgehead atoms. The summed E-state index contributed by atoms with van der Waals surface area (Å²) in [7, 11) is 0. The zero-order valence-electron chi connectivity index (χ0n) is 14.8. The van der Waals surface area contributed by atoms with Gasteiger partial charge < -0.3 is 10.0 Å². The van der Waals surface area contributed by atoms with Gasteiger partial charge in [-0.25, -0.2) is 0 Å². The molecule has 134 valence electrons. The molecule has 2 aliphatic rings. The molecule has 1 aliphatic carbocycles. The zero-order valence-corrected chi connectivity index (χ0v) is 14.8. The van der Waals surface area contributed by atoms with Crippen LogP contribution in [0, 0.1) is 0 Å². The fraction of sp³-hybridized carbons (Fsp3) is 0.833. The number of aromatic nitrogens is 3. The molecule has 1 saturated carbocycles. The van der Waals surface area contributed by atoms with E-state index in [4.69, 9.17) is 0 Å². The highest BCUT2D eigenvalue weighted by molar-refractivity contribution is 5.78. The largest absolute Gasteiger partial charge is 0.390 e. The number of rotatable bonds is 5. The number of hydrogen-bond donors (Lipinski definition) is 1. The zero-order chi connectivity index (χ0) is 17.0. The molecular weight excluding hydrogens is 304 g/mol. The van der Waals surface area contributed by atoms with Crippen LogP contribution in [0.3, 0.4) is 0 Å². The highest BCUT2D eigenvalue weighted by Gasteiger charge is 2.36. The summed E-state index contributed by atoms with van der Waals surface area (Å²) in [5.41, 5.74) is 0.173. The van der Waals surface area contributed by atoms with Gasteiger partial charge in [-0.05, 0) is 45.4 Å². The summed E-state index contributed by atoms with van der Waals surface area (Å²) >= 11 is 0. The molecule has 6 heteroatoms. The molecule has 2 heterocycles. The quantitative estimate of drug-likeness (QED) is 0.897. The number of likely N-dealkylation sites (tertiary alicyclic amines) is 1. The SMILES string of the molecule is CCn1cc(CC(=O)N2CCCCC2CC2(O)CCCCC2)nn1. The standard InChI is InChI=1S/C18H30N4O2/c1-2-21-14-15(19-20-21)12-17(23)22-11-7-4-8-16(22)13-18(24)9-5-3-6-10-18/h14,16,24H,2-13H2,1H3. The first-order valence-corrected chi connectivity index (χ1v) is 9.50. The molecule has 1 atom stereocenters. The van der Waals surface area contributed by atoms with E-state index in [2.05, 4.69) is 10.3 Å². The molecule has 0 radical (unpaired) electrons. The van der Waals surface area contributed by atoms with E-state index in [0.29, 0.717) is 6.42 Å². The Hall–Kier alpha value is -1.43. The lowest BCUT2D eigenvalue weighted by atomic mass is 9.78. The third kappa shape index (κ3) is 4.15. The van der Waals surface area contributed by atoms with Gasteiger partial charge in [-0.15, -0.1) is 5.10 Å². The van der Waals surface area contributed by atoms with Gasteiger partial charge in [0.05, 0.1) is 17.7 Å². The van der Waals surface area contributed by atoms with E-state index in [-0.39, 0.29) is 11.9 Å². The predicted octanol–water partition coefficient (Wildman–Crippen LogP) is 2.31. The molecule has 1 saturated heterocycles. The van der Waals surface area contributed by atoms with E-state index >= 15 is 0 Å². The molecule has 1 amide bonds. The van der Waals surface area contributed by atoms with Gasteiger partial charge in [-0.2, -0.15) is 0 Å². The lowest BCUT2D eigenvalue weighted by molar-refractivity contribution is -0.136. The lowest BCUT2D eigenvalue weighted by Gasteiger charge is -2.42. The monoisotopic (exact) mass is 334 g/mol. The Morgan fingerprint density at radius 1 is 1.29 bits per heavy atom. The van der Waals surface area contributed by atoms with Crippen molar-refractivity contribution in [1.82, 2.24) is 19.9 Å². The van der Waals surface area contributed by atoms with Gasteiger partial charge in [0.2, 0.25) is 5.91 Å². The van der Waals surface area contributed by atoms with Crippen molar-refractivity contribution in [3.8, 4) is 0 Å². The van der Waals surface area contributed by atoms with Crippen molar-refractivity contribution in [2.24, 2.45) is 0 Å². The lowest BCUT2D eigenvalue weighted by Crippen LogP contribution is -2.49. The van der Waals surface area contributed by atoms with Crippen molar-refractivity contribution in [1.29, 1.82) is 0 Å². The number of aliphatic hydroxyl groups is 1. The Morgan fingerprint density at radius 3 is 2.79 bits per heavy atom. The molecule has 1 aromatic rings. The third-order valence-corrected chi connectivity index (χ3v) is 5.59. The van der Waals surface area contributed by atoms with Crippen molar-refractivity contribution in [3.05, 3.63) is 11.9 Å². The Balaban J connectivity index is 1.63. The number of amides is 1. The van der Waals surface area contributed by atoms with Crippen molar-refractivity contribution in [2.75, 3.05) is 6.54 Å². The Morgan fingerprint density at radius 2 is 2.08 bits per heavy atom. The summed E-state index contributed by atoms with van der Waals surface area (Å²) in [6.07, 6.45) is 11.3. The second-order valence-corrected chi connectivity index (χ2v) is 7.47. The summed E-state index contributed by atoms with van der Waals surface area (Å²) in [5, 5.41) is 19.0. The number of piperidine rings is 1.